The van der Waals surface area contributed by atoms with E-state index in [9.17, 15) is 17.3 Å². The molecule has 0 spiro atoms. The normalized spacial score (nSPS) is 20.7. The van der Waals surface area contributed by atoms with Gasteiger partial charge in [-0.2, -0.15) is 0 Å². The minimum Gasteiger partial charge on any atom is -0.418 e. The zero-order valence-corrected chi connectivity index (χ0v) is 24.6. The number of halogens is 4. The summed E-state index contributed by atoms with van der Waals surface area (Å²) in [5.41, 5.74) is 3.18. The van der Waals surface area contributed by atoms with E-state index in [-0.39, 0.29) is 35.3 Å². The maximum Gasteiger partial charge on any atom is 0.673 e. The molecule has 2 unspecified atom stereocenters. The molecule has 0 N–H and O–H groups in total. The van der Waals surface area contributed by atoms with Gasteiger partial charge in [0.25, 0.3) is 0 Å². The van der Waals surface area contributed by atoms with E-state index >= 15 is 0 Å². The molecule has 0 aromatic heterocycles. The Morgan fingerprint density at radius 2 is 1.00 bits per heavy atom. The molecule has 1 aromatic carbocycles. The Morgan fingerprint density at radius 1 is 0.727 bits per heavy atom. The van der Waals surface area contributed by atoms with Crippen LogP contribution in [0.3, 0.4) is 0 Å². The summed E-state index contributed by atoms with van der Waals surface area (Å²) in [6.45, 7) is 19.2. The van der Waals surface area contributed by atoms with Crippen molar-refractivity contribution in [1.29, 1.82) is 0 Å². The Labute approximate surface area is 214 Å². The average molecular weight is 592 g/mol. The smallest absolute Gasteiger partial charge is 0.418 e. The summed E-state index contributed by atoms with van der Waals surface area (Å²) in [5, 5.41) is 0.896. The fourth-order valence-corrected chi connectivity index (χ4v) is 5.77. The average Bonchev–Trinajstić information content (AvgIpc) is 3.26. The third kappa shape index (κ3) is 14.2. The predicted molar refractivity (Wildman–Crippen MR) is 139 cm³/mol. The summed E-state index contributed by atoms with van der Waals surface area (Å²) < 4.78 is 39.0. The molecule has 0 saturated heterocycles. The van der Waals surface area contributed by atoms with E-state index in [0.717, 1.165) is 11.8 Å². The minimum atomic E-state index is -6.00. The summed E-state index contributed by atoms with van der Waals surface area (Å²) in [6, 6.07) is 9.12. The molecule has 2 bridgehead atoms. The predicted octanol–water partition coefficient (Wildman–Crippen LogP) is 9.55. The van der Waals surface area contributed by atoms with Gasteiger partial charge in [-0.25, -0.2) is 0 Å². The molecule has 0 saturated carbocycles. The van der Waals surface area contributed by atoms with Crippen molar-refractivity contribution in [2.45, 2.75) is 70.6 Å². The number of fused-ring (bicyclic) bond motifs is 2. The molecular weight excluding hydrogens is 552 g/mol. The second kappa shape index (κ2) is 13.9. The van der Waals surface area contributed by atoms with Crippen LogP contribution in [0.15, 0.2) is 48.6 Å². The van der Waals surface area contributed by atoms with Crippen molar-refractivity contribution in [2.24, 2.45) is 11.8 Å². The van der Waals surface area contributed by atoms with E-state index in [0.29, 0.717) is 10.3 Å². The monoisotopic (exact) mass is 592 g/mol. The molecule has 2 aliphatic rings. The Kier molecular flexibility index (Phi) is 13.9. The molecule has 191 valence electrons. The number of hydrogen-bond acceptors (Lipinski definition) is 0. The van der Waals surface area contributed by atoms with Crippen molar-refractivity contribution >= 4 is 23.1 Å². The van der Waals surface area contributed by atoms with E-state index in [2.05, 4.69) is 103 Å². The van der Waals surface area contributed by atoms with Crippen molar-refractivity contribution in [3.63, 3.8) is 0 Å². The largest absolute Gasteiger partial charge is 0.673 e. The Morgan fingerprint density at radius 3 is 1.18 bits per heavy atom. The first kappa shape index (κ1) is 33.0. The Balaban J connectivity index is 0.000000636. The topological polar surface area (TPSA) is 0 Å². The summed E-state index contributed by atoms with van der Waals surface area (Å²) >= 11 is 0. The summed E-state index contributed by atoms with van der Waals surface area (Å²) in [5.74, 6) is 1.62. The van der Waals surface area contributed by atoms with E-state index in [1.807, 2.05) is 0 Å². The summed E-state index contributed by atoms with van der Waals surface area (Å²) in [4.78, 5) is 0. The Bertz CT molecular complexity index is 692. The first-order valence-corrected chi connectivity index (χ1v) is 15.1. The molecule has 0 nitrogen and oxygen atoms in total. The van der Waals surface area contributed by atoms with Gasteiger partial charge in [0, 0.05) is 19.5 Å². The van der Waals surface area contributed by atoms with Gasteiger partial charge in [-0.05, 0) is 65.3 Å². The third-order valence-corrected chi connectivity index (χ3v) is 12.2. The van der Waals surface area contributed by atoms with Crippen LogP contribution in [0.4, 0.5) is 17.3 Å². The number of rotatable bonds is 4. The maximum atomic E-state index is 9.75. The van der Waals surface area contributed by atoms with Crippen molar-refractivity contribution in [3.8, 4) is 0 Å². The van der Waals surface area contributed by atoms with E-state index in [4.69, 9.17) is 0 Å². The van der Waals surface area contributed by atoms with Crippen molar-refractivity contribution < 1.29 is 36.7 Å². The first-order chi connectivity index (χ1) is 14.5. The van der Waals surface area contributed by atoms with Gasteiger partial charge < -0.3 is 17.3 Å². The zero-order valence-electron chi connectivity index (χ0n) is 21.2. The number of allylic oxidation sites excluding steroid dienone is 4. The summed E-state index contributed by atoms with van der Waals surface area (Å²) in [7, 11) is -5.92. The molecular formula is C25H40BF4P2Rh-. The van der Waals surface area contributed by atoms with Crippen LogP contribution in [-0.4, -0.2) is 30.9 Å². The first-order valence-electron chi connectivity index (χ1n) is 11.2. The van der Waals surface area contributed by atoms with Crippen LogP contribution >= 0.6 is 15.8 Å². The molecule has 0 heterocycles. The SMILES string of the molecule is C1=CC2C=CC1C2.CP(Cc1ccccc1CP(C)C(C)(C)C)C(C)(C)C.F[B-](F)(F)F.[Rh]. The second-order valence-corrected chi connectivity index (χ2v) is 16.8. The van der Waals surface area contributed by atoms with Crippen molar-refractivity contribution in [2.75, 3.05) is 13.3 Å². The van der Waals surface area contributed by atoms with Crippen LogP contribution in [0.25, 0.3) is 0 Å². The Hall–Kier alpha value is -0.0317. The molecule has 0 aliphatic heterocycles. The van der Waals surface area contributed by atoms with Gasteiger partial charge in [-0.1, -0.05) is 106 Å². The minimum absolute atomic E-state index is 0. The molecule has 2 atom stereocenters. The van der Waals surface area contributed by atoms with Gasteiger partial charge in [0.15, 0.2) is 0 Å². The number of benzene rings is 1. The van der Waals surface area contributed by atoms with Crippen LogP contribution in [0.5, 0.6) is 0 Å². The fraction of sp³-hybridized carbons (Fsp3) is 0.600. The second-order valence-electron chi connectivity index (χ2n) is 10.7. The molecule has 8 heteroatoms. The van der Waals surface area contributed by atoms with Gasteiger partial charge in [0.2, 0.25) is 0 Å². The molecule has 1 aromatic rings. The van der Waals surface area contributed by atoms with Crippen LogP contribution in [-0.2, 0) is 31.8 Å². The van der Waals surface area contributed by atoms with Crippen molar-refractivity contribution in [3.05, 3.63) is 59.7 Å². The molecule has 2 aliphatic carbocycles. The van der Waals surface area contributed by atoms with Crippen LogP contribution in [0.1, 0.15) is 59.1 Å². The molecule has 3 rings (SSSR count). The zero-order chi connectivity index (χ0) is 24.7. The van der Waals surface area contributed by atoms with Crippen LogP contribution < -0.4 is 0 Å². The molecule has 0 fully saturated rings. The van der Waals surface area contributed by atoms with Crippen molar-refractivity contribution in [1.82, 2.24) is 0 Å². The summed E-state index contributed by atoms with van der Waals surface area (Å²) in [6.07, 6.45) is 13.1. The van der Waals surface area contributed by atoms with Crippen LogP contribution in [0.2, 0.25) is 0 Å². The molecule has 1 radical (unpaired) electrons. The van der Waals surface area contributed by atoms with Crippen LogP contribution in [0, 0.1) is 11.8 Å². The van der Waals surface area contributed by atoms with E-state index < -0.39 is 7.25 Å². The third-order valence-electron chi connectivity index (χ3n) is 5.98. The molecule has 0 amide bonds. The quantitative estimate of drug-likeness (QED) is 0.141. The van der Waals surface area contributed by atoms with Gasteiger partial charge in [0.05, 0.1) is 0 Å². The van der Waals surface area contributed by atoms with Gasteiger partial charge >= 0.3 is 7.25 Å². The molecule has 33 heavy (non-hydrogen) atoms. The van der Waals surface area contributed by atoms with E-state index in [1.54, 1.807) is 11.1 Å². The van der Waals surface area contributed by atoms with Gasteiger partial charge in [0.1, 0.15) is 0 Å². The van der Waals surface area contributed by atoms with Gasteiger partial charge in [-0.3, -0.25) is 0 Å². The standard InChI is InChI=1S/C18H32P2.C7H8.BF4.Rh/c1-17(2,3)19(7)13-15-11-9-10-12-16(15)14-20(8)18(4,5)6;1-2-7-4-3-6(1)5-7;2-1(3,4)5;/h9-12H,13-14H2,1-8H3;1-4,6-7H,5H2;;/q;;-1;. The maximum absolute atomic E-state index is 9.75. The van der Waals surface area contributed by atoms with Gasteiger partial charge in [-0.15, -0.1) is 0 Å². The van der Waals surface area contributed by atoms with E-state index in [1.165, 1.54) is 18.7 Å². The fourth-order valence-electron chi connectivity index (χ4n) is 3.18. The number of hydrogen-bond donors (Lipinski definition) is 0.